The number of fused-ring (bicyclic) bond motifs is 1. The molecule has 1 N–H and O–H groups in total. The molecule has 1 saturated heterocycles. The monoisotopic (exact) mass is 300 g/mol. The molecule has 4 heterocycles. The first-order valence-electron chi connectivity index (χ1n) is 7.03. The molecule has 3 aromatic rings. The third kappa shape index (κ3) is 2.18. The van der Waals surface area contributed by atoms with Gasteiger partial charge in [-0.05, 0) is 18.4 Å². The van der Waals surface area contributed by atoms with Gasteiger partial charge in [0.05, 0.1) is 11.9 Å². The maximum atomic E-state index is 4.68. The molecule has 0 atom stereocenters. The number of hydrogen-bond acceptors (Lipinski definition) is 6. The van der Waals surface area contributed by atoms with E-state index >= 15 is 0 Å². The van der Waals surface area contributed by atoms with Crippen LogP contribution in [0.2, 0.25) is 0 Å². The van der Waals surface area contributed by atoms with Crippen molar-refractivity contribution >= 4 is 22.8 Å². The molecule has 6 nitrogen and oxygen atoms in total. The van der Waals surface area contributed by atoms with E-state index in [1.54, 1.807) is 11.3 Å². The van der Waals surface area contributed by atoms with Crippen LogP contribution in [-0.4, -0.2) is 45.8 Å². The van der Waals surface area contributed by atoms with Crippen LogP contribution in [0, 0.1) is 6.92 Å². The van der Waals surface area contributed by atoms with Crippen LogP contribution in [0.25, 0.3) is 16.9 Å². The van der Waals surface area contributed by atoms with Crippen molar-refractivity contribution in [3.05, 3.63) is 28.8 Å². The molecule has 4 rings (SSSR count). The van der Waals surface area contributed by atoms with Crippen LogP contribution in [0.5, 0.6) is 0 Å². The Kier molecular flexibility index (Phi) is 3.08. The number of hydrogen-bond donors (Lipinski definition) is 1. The van der Waals surface area contributed by atoms with E-state index in [1.165, 1.54) is 0 Å². The molecule has 0 bridgehead atoms. The van der Waals surface area contributed by atoms with Gasteiger partial charge in [0, 0.05) is 37.1 Å². The average molecular weight is 300 g/mol. The summed E-state index contributed by atoms with van der Waals surface area (Å²) >= 11 is 1.67. The second-order valence-electron chi connectivity index (χ2n) is 5.11. The second-order valence-corrected chi connectivity index (χ2v) is 5.89. The van der Waals surface area contributed by atoms with E-state index in [1.807, 2.05) is 17.6 Å². The lowest BCUT2D eigenvalue weighted by Crippen LogP contribution is -2.44. The number of thiophene rings is 1. The Hall–Kier alpha value is -1.99. The largest absolute Gasteiger partial charge is 0.351 e. The summed E-state index contributed by atoms with van der Waals surface area (Å²) in [5.41, 5.74) is 2.97. The maximum Gasteiger partial charge on any atom is 0.199 e. The average Bonchev–Trinajstić information content (AvgIpc) is 3.15. The summed E-state index contributed by atoms with van der Waals surface area (Å²) in [7, 11) is 0. The number of nitrogens with zero attached hydrogens (tertiary/aromatic N) is 5. The molecule has 0 amide bonds. The van der Waals surface area contributed by atoms with E-state index in [-0.39, 0.29) is 0 Å². The van der Waals surface area contributed by atoms with Crippen molar-refractivity contribution < 1.29 is 0 Å². The molecule has 7 heteroatoms. The molecular weight excluding hydrogens is 284 g/mol. The second kappa shape index (κ2) is 5.09. The first kappa shape index (κ1) is 12.7. The third-order valence-corrected chi connectivity index (χ3v) is 4.37. The topological polar surface area (TPSA) is 58.4 Å². The Balaban J connectivity index is 1.88. The minimum Gasteiger partial charge on any atom is -0.351 e. The zero-order valence-electron chi connectivity index (χ0n) is 11.8. The highest BCUT2D eigenvalue weighted by Gasteiger charge is 2.19. The molecule has 0 radical (unpaired) electrons. The first-order valence-corrected chi connectivity index (χ1v) is 7.98. The minimum atomic E-state index is 0.774. The predicted molar refractivity (Wildman–Crippen MR) is 83.9 cm³/mol. The summed E-state index contributed by atoms with van der Waals surface area (Å²) in [6.07, 6.45) is 1.90. The lowest BCUT2D eigenvalue weighted by atomic mass is 10.2. The van der Waals surface area contributed by atoms with E-state index in [2.05, 4.69) is 42.1 Å². The zero-order valence-corrected chi connectivity index (χ0v) is 12.6. The predicted octanol–water partition coefficient (Wildman–Crippen LogP) is 1.57. The van der Waals surface area contributed by atoms with E-state index in [0.29, 0.717) is 0 Å². The van der Waals surface area contributed by atoms with Gasteiger partial charge in [-0.3, -0.25) is 0 Å². The molecule has 0 unspecified atom stereocenters. The Bertz CT molecular complexity index is 757. The standard InChI is InChI=1S/C14H16N6S/c1-10-17-14-13(19-5-3-15-4-6-19)16-8-12(20(14)18-10)11-2-7-21-9-11/h2,7-9,15H,3-6H2,1H3. The van der Waals surface area contributed by atoms with Gasteiger partial charge in [-0.25, -0.2) is 14.5 Å². The van der Waals surface area contributed by atoms with Gasteiger partial charge in [-0.15, -0.1) is 0 Å². The molecule has 1 fully saturated rings. The number of rotatable bonds is 2. The van der Waals surface area contributed by atoms with E-state index in [0.717, 1.165) is 54.7 Å². The Labute approximate surface area is 126 Å². The van der Waals surface area contributed by atoms with Gasteiger partial charge in [-0.2, -0.15) is 16.4 Å². The van der Waals surface area contributed by atoms with Crippen molar-refractivity contribution in [3.63, 3.8) is 0 Å². The van der Waals surface area contributed by atoms with Crippen molar-refractivity contribution in [2.24, 2.45) is 0 Å². The van der Waals surface area contributed by atoms with Gasteiger partial charge in [0.1, 0.15) is 5.82 Å². The lowest BCUT2D eigenvalue weighted by molar-refractivity contribution is 0.585. The maximum absolute atomic E-state index is 4.68. The fourth-order valence-electron chi connectivity index (χ4n) is 2.67. The summed E-state index contributed by atoms with van der Waals surface area (Å²) in [5.74, 6) is 1.70. The fraction of sp³-hybridized carbons (Fsp3) is 0.357. The Morgan fingerprint density at radius 1 is 1.29 bits per heavy atom. The highest BCUT2D eigenvalue weighted by molar-refractivity contribution is 7.08. The van der Waals surface area contributed by atoms with Crippen molar-refractivity contribution in [2.75, 3.05) is 31.1 Å². The zero-order chi connectivity index (χ0) is 14.2. The summed E-state index contributed by atoms with van der Waals surface area (Å²) in [5, 5.41) is 12.1. The minimum absolute atomic E-state index is 0.774. The fourth-order valence-corrected chi connectivity index (χ4v) is 3.32. The van der Waals surface area contributed by atoms with Crippen LogP contribution >= 0.6 is 11.3 Å². The van der Waals surface area contributed by atoms with Crippen LogP contribution in [0.1, 0.15) is 5.82 Å². The van der Waals surface area contributed by atoms with Crippen LogP contribution in [0.3, 0.4) is 0 Å². The van der Waals surface area contributed by atoms with Crippen molar-refractivity contribution in [1.29, 1.82) is 0 Å². The van der Waals surface area contributed by atoms with Gasteiger partial charge >= 0.3 is 0 Å². The van der Waals surface area contributed by atoms with Gasteiger partial charge in [0.15, 0.2) is 11.5 Å². The lowest BCUT2D eigenvalue weighted by Gasteiger charge is -2.28. The highest BCUT2D eigenvalue weighted by atomic mass is 32.1. The summed E-state index contributed by atoms with van der Waals surface area (Å²) < 4.78 is 1.92. The highest BCUT2D eigenvalue weighted by Crippen LogP contribution is 2.26. The number of piperazine rings is 1. The van der Waals surface area contributed by atoms with Crippen LogP contribution in [0.4, 0.5) is 5.82 Å². The molecule has 1 aliphatic rings. The van der Waals surface area contributed by atoms with E-state index in [4.69, 9.17) is 0 Å². The number of aromatic nitrogens is 4. The smallest absolute Gasteiger partial charge is 0.199 e. The van der Waals surface area contributed by atoms with Crippen LogP contribution in [0.15, 0.2) is 23.0 Å². The van der Waals surface area contributed by atoms with Gasteiger partial charge in [-0.1, -0.05) is 0 Å². The molecule has 0 aliphatic carbocycles. The molecule has 108 valence electrons. The number of nitrogens with one attached hydrogen (secondary N) is 1. The van der Waals surface area contributed by atoms with Gasteiger partial charge in [0.2, 0.25) is 0 Å². The molecule has 0 spiro atoms. The third-order valence-electron chi connectivity index (χ3n) is 3.68. The Morgan fingerprint density at radius 3 is 2.90 bits per heavy atom. The van der Waals surface area contributed by atoms with Crippen molar-refractivity contribution in [1.82, 2.24) is 24.9 Å². The SMILES string of the molecule is Cc1nc2c(N3CCNCC3)ncc(-c3ccsc3)n2n1. The number of aryl methyl sites for hydroxylation is 1. The molecule has 1 aliphatic heterocycles. The quantitative estimate of drug-likeness (QED) is 0.778. The van der Waals surface area contributed by atoms with E-state index < -0.39 is 0 Å². The van der Waals surface area contributed by atoms with Crippen LogP contribution < -0.4 is 10.2 Å². The first-order chi connectivity index (χ1) is 10.3. The van der Waals surface area contributed by atoms with Gasteiger partial charge in [0.25, 0.3) is 0 Å². The molecule has 21 heavy (non-hydrogen) atoms. The normalized spacial score (nSPS) is 15.8. The summed E-state index contributed by atoms with van der Waals surface area (Å²) in [6.45, 7) is 5.78. The summed E-state index contributed by atoms with van der Waals surface area (Å²) in [4.78, 5) is 11.5. The van der Waals surface area contributed by atoms with Crippen LogP contribution in [-0.2, 0) is 0 Å². The van der Waals surface area contributed by atoms with Gasteiger partial charge < -0.3 is 10.2 Å². The number of anilines is 1. The van der Waals surface area contributed by atoms with Crippen molar-refractivity contribution in [3.8, 4) is 11.3 Å². The molecule has 0 saturated carbocycles. The molecule has 3 aromatic heterocycles. The van der Waals surface area contributed by atoms with Crippen molar-refractivity contribution in [2.45, 2.75) is 6.92 Å². The van der Waals surface area contributed by atoms with E-state index in [9.17, 15) is 0 Å². The molecule has 0 aromatic carbocycles. The summed E-state index contributed by atoms with van der Waals surface area (Å²) in [6, 6.07) is 2.09. The molecular formula is C14H16N6S. The Morgan fingerprint density at radius 2 is 2.14 bits per heavy atom.